The predicted molar refractivity (Wildman–Crippen MR) is 211 cm³/mol. The average Bonchev–Trinajstić information content (AvgIpc) is 3.56. The van der Waals surface area contributed by atoms with E-state index in [4.69, 9.17) is 8.53 Å². The molecule has 8 aromatic rings. The van der Waals surface area contributed by atoms with Crippen molar-refractivity contribution in [3.05, 3.63) is 175 Å². The third-order valence-corrected chi connectivity index (χ3v) is 11.1. The monoisotopic (exact) mass is 860 g/mol. The summed E-state index contributed by atoms with van der Waals surface area (Å²) in [6.07, 6.45) is 3.81. The number of nitrogens with zero attached hydrogens (tertiary/aromatic N) is 2. The maximum absolute atomic E-state index is 7.35. The molecule has 51 heavy (non-hydrogen) atoms. The number of rotatable bonds is 6. The van der Waals surface area contributed by atoms with Gasteiger partial charge in [-0.15, -0.1) is 53.6 Å². The topological polar surface area (TPSA) is 38.9 Å². The number of furan rings is 1. The van der Waals surface area contributed by atoms with E-state index in [1.54, 1.807) is 12.1 Å². The van der Waals surface area contributed by atoms with Crippen LogP contribution in [0, 0.1) is 19.0 Å². The van der Waals surface area contributed by atoms with Crippen LogP contribution in [-0.4, -0.2) is 18.0 Å². The second-order valence-electron chi connectivity index (χ2n) is 13.6. The average molecular weight is 860 g/mol. The van der Waals surface area contributed by atoms with Gasteiger partial charge in [0.15, 0.2) is 0 Å². The van der Waals surface area contributed by atoms with Gasteiger partial charge in [0, 0.05) is 47.9 Å². The normalized spacial score (nSPS) is 12.9. The Morgan fingerprint density at radius 1 is 0.706 bits per heavy atom. The number of hydrogen-bond donors (Lipinski definition) is 0. The van der Waals surface area contributed by atoms with Gasteiger partial charge in [0.1, 0.15) is 5.58 Å². The van der Waals surface area contributed by atoms with E-state index in [2.05, 4.69) is 146 Å². The molecule has 8 rings (SSSR count). The summed E-state index contributed by atoms with van der Waals surface area (Å²) in [5.41, 5.74) is 10.3. The van der Waals surface area contributed by atoms with Gasteiger partial charge >= 0.3 is 0 Å². The fraction of sp³-hybridized carbons (Fsp3) is 0.130. The molecule has 0 fully saturated rings. The van der Waals surface area contributed by atoms with E-state index in [9.17, 15) is 0 Å². The Morgan fingerprint density at radius 3 is 2.18 bits per heavy atom. The van der Waals surface area contributed by atoms with Crippen LogP contribution >= 0.6 is 0 Å². The van der Waals surface area contributed by atoms with E-state index in [-0.39, 0.29) is 26.0 Å². The molecular weight excluding hydrogens is 817 g/mol. The van der Waals surface area contributed by atoms with E-state index in [0.717, 1.165) is 50.0 Å². The first kappa shape index (κ1) is 32.0. The molecule has 0 aliphatic heterocycles. The molecule has 1 radical (unpaired) electrons. The number of hydrogen-bond acceptors (Lipinski definition) is 3. The van der Waals surface area contributed by atoms with Crippen LogP contribution in [0.1, 0.15) is 33.6 Å². The SMILES string of the molecule is CC(c1ccccc1)c1ccnc(-c2[c-]ccc3c2oc2cc(-c4ccccc4)ccc23)c1.[2H]C([2H])([2H])c1c[c-]c(-c2ccc([Si](C)(C)C)cn2)cc1.[Ir]. The smallest absolute Gasteiger partial charge is 0.121 e. The zero-order valence-electron chi connectivity index (χ0n) is 32.1. The fourth-order valence-electron chi connectivity index (χ4n) is 6.11. The first-order valence-corrected chi connectivity index (χ1v) is 20.4. The largest absolute Gasteiger partial charge is 0.501 e. The fourth-order valence-corrected chi connectivity index (χ4v) is 7.15. The summed E-state index contributed by atoms with van der Waals surface area (Å²) in [6, 6.07) is 51.0. The molecule has 3 nitrogen and oxygen atoms in total. The Balaban J connectivity index is 0.000000205. The maximum Gasteiger partial charge on any atom is 0.121 e. The van der Waals surface area contributed by atoms with Gasteiger partial charge < -0.3 is 14.4 Å². The Bertz CT molecular complexity index is 2420. The van der Waals surface area contributed by atoms with E-state index in [1.807, 2.05) is 30.6 Å². The van der Waals surface area contributed by atoms with Crippen LogP contribution in [0.2, 0.25) is 19.6 Å². The van der Waals surface area contributed by atoms with Gasteiger partial charge in [-0.25, -0.2) is 0 Å². The molecule has 0 N–H and O–H groups in total. The molecule has 0 saturated heterocycles. The Labute approximate surface area is 320 Å². The van der Waals surface area contributed by atoms with Crippen LogP contribution in [0.4, 0.5) is 0 Å². The summed E-state index contributed by atoms with van der Waals surface area (Å²) in [5, 5.41) is 3.50. The quantitative estimate of drug-likeness (QED) is 0.124. The van der Waals surface area contributed by atoms with Crippen LogP contribution in [0.3, 0.4) is 0 Å². The first-order chi connectivity index (χ1) is 25.5. The zero-order chi connectivity index (χ0) is 37.2. The molecule has 0 spiro atoms. The molecule has 0 saturated carbocycles. The van der Waals surface area contributed by atoms with Crippen molar-refractivity contribution in [2.75, 3.05) is 0 Å². The van der Waals surface area contributed by atoms with Crippen LogP contribution < -0.4 is 5.19 Å². The molecule has 0 amide bonds. The van der Waals surface area contributed by atoms with Crippen molar-refractivity contribution < 1.29 is 28.6 Å². The molecule has 5 aromatic carbocycles. The molecule has 0 aliphatic rings. The molecule has 255 valence electrons. The number of aryl methyl sites for hydroxylation is 1. The van der Waals surface area contributed by atoms with Crippen LogP contribution in [0.5, 0.6) is 0 Å². The Morgan fingerprint density at radius 2 is 1.49 bits per heavy atom. The van der Waals surface area contributed by atoms with Gasteiger partial charge in [-0.3, -0.25) is 0 Å². The van der Waals surface area contributed by atoms with Gasteiger partial charge in [0.05, 0.1) is 13.7 Å². The maximum atomic E-state index is 7.35. The molecule has 0 bridgehead atoms. The minimum Gasteiger partial charge on any atom is -0.501 e. The van der Waals surface area contributed by atoms with E-state index >= 15 is 0 Å². The van der Waals surface area contributed by atoms with Crippen LogP contribution in [0.25, 0.3) is 55.6 Å². The Kier molecular flexibility index (Phi) is 9.75. The summed E-state index contributed by atoms with van der Waals surface area (Å²) in [4.78, 5) is 9.15. The first-order valence-electron chi connectivity index (χ1n) is 18.4. The molecular formula is C46H40IrN2OSi-2. The standard InChI is InChI=1S/C31H22NO.C15H18NSi.Ir/c1-21(22-9-4-2-5-10-22)24-17-18-32-29(19-24)28-14-8-13-27-26-16-15-25(20-30(26)33-31(27)28)23-11-6-3-7-12-23;1-12-5-7-13(8-6-12)15-10-9-14(11-16-15)17(2,3)4;/h2-13,15-21H,1H3;5-7,9-11H,1-4H3;/q2*-1;/i;1D3;. The van der Waals surface area contributed by atoms with Crippen molar-refractivity contribution in [3.8, 4) is 33.6 Å². The molecule has 0 aliphatic carbocycles. The van der Waals surface area contributed by atoms with Gasteiger partial charge in [-0.05, 0) is 51.0 Å². The molecule has 1 atom stereocenters. The summed E-state index contributed by atoms with van der Waals surface area (Å²) >= 11 is 0. The van der Waals surface area contributed by atoms with Crippen molar-refractivity contribution in [1.82, 2.24) is 9.97 Å². The van der Waals surface area contributed by atoms with E-state index in [0.29, 0.717) is 5.56 Å². The zero-order valence-corrected chi connectivity index (χ0v) is 32.5. The number of fused-ring (bicyclic) bond motifs is 3. The second-order valence-corrected chi connectivity index (χ2v) is 18.6. The molecule has 1 unspecified atom stereocenters. The predicted octanol–water partition coefficient (Wildman–Crippen LogP) is 11.7. The number of benzene rings is 5. The Hall–Kier alpha value is -4.93. The van der Waals surface area contributed by atoms with Crippen molar-refractivity contribution in [1.29, 1.82) is 0 Å². The minimum atomic E-state index is -2.08. The third-order valence-electron chi connectivity index (χ3n) is 9.10. The summed E-state index contributed by atoms with van der Waals surface area (Å²) < 4.78 is 28.5. The van der Waals surface area contributed by atoms with Gasteiger partial charge in [0.2, 0.25) is 0 Å². The summed E-state index contributed by atoms with van der Waals surface area (Å²) in [6.45, 7) is 6.98. The van der Waals surface area contributed by atoms with Gasteiger partial charge in [0.25, 0.3) is 0 Å². The second kappa shape index (κ2) is 15.5. The van der Waals surface area contributed by atoms with Crippen molar-refractivity contribution >= 4 is 35.2 Å². The third kappa shape index (κ3) is 8.02. The van der Waals surface area contributed by atoms with Crippen molar-refractivity contribution in [3.63, 3.8) is 0 Å². The van der Waals surface area contributed by atoms with Crippen molar-refractivity contribution in [2.24, 2.45) is 0 Å². The van der Waals surface area contributed by atoms with E-state index in [1.165, 1.54) is 27.9 Å². The van der Waals surface area contributed by atoms with Gasteiger partial charge in [-0.1, -0.05) is 135 Å². The minimum absolute atomic E-state index is 0. The number of pyridine rings is 2. The molecule has 3 heterocycles. The van der Waals surface area contributed by atoms with Crippen LogP contribution in [-0.2, 0) is 20.1 Å². The van der Waals surface area contributed by atoms with Gasteiger partial charge in [-0.2, -0.15) is 0 Å². The summed E-state index contributed by atoms with van der Waals surface area (Å²) in [5.74, 6) is 0.274. The molecule has 3 aromatic heterocycles. The number of aromatic nitrogens is 2. The molecule has 5 heteroatoms. The van der Waals surface area contributed by atoms with Crippen molar-refractivity contribution in [2.45, 2.75) is 39.3 Å². The summed E-state index contributed by atoms with van der Waals surface area (Å²) in [7, 11) is -1.34. The van der Waals surface area contributed by atoms with Crippen LogP contribution in [0.15, 0.2) is 150 Å². The van der Waals surface area contributed by atoms with E-state index < -0.39 is 14.9 Å².